The van der Waals surface area contributed by atoms with Crippen molar-refractivity contribution >= 4 is 51.6 Å². The highest BCUT2D eigenvalue weighted by Crippen LogP contribution is 2.27. The molecule has 2 aromatic carbocycles. The molecule has 0 bridgehead atoms. The van der Waals surface area contributed by atoms with Crippen molar-refractivity contribution in [2.24, 2.45) is 5.73 Å². The van der Waals surface area contributed by atoms with Crippen molar-refractivity contribution in [2.45, 2.75) is 11.3 Å². The molecule has 0 saturated heterocycles. The molecule has 0 atom stereocenters. The smallest absolute Gasteiger partial charge is 0.281 e. The Morgan fingerprint density at radius 1 is 1.08 bits per heavy atom. The predicted molar refractivity (Wildman–Crippen MR) is 137 cm³/mol. The maximum atomic E-state index is 13.2. The van der Waals surface area contributed by atoms with Crippen LogP contribution in [0, 0.1) is 5.82 Å². The number of nitrogens with zero attached hydrogens (tertiary/aromatic N) is 4. The molecular weight excluding hydrogens is 521 g/mol. The Morgan fingerprint density at radius 2 is 1.81 bits per heavy atom. The molecule has 2 aromatic heterocycles. The standard InChI is InChI=1S/C23H20FN7O4S2/c1-2-35-17-11-31(16-9-5-14(24)6-10-16)30-19(17)21(34)27-22-28-29-23(37-22)36-12-18(32)26-15-7-3-13(4-8-15)20(25)33/h3-11H,2,12H2,1H3,(H2,25,33)(H,26,32)(H,27,28,34). The number of hydrogen-bond acceptors (Lipinski definition) is 9. The normalized spacial score (nSPS) is 10.6. The van der Waals surface area contributed by atoms with Crippen LogP contribution < -0.4 is 21.1 Å². The fraction of sp³-hybridized carbons (Fsp3) is 0.130. The first kappa shape index (κ1) is 25.8. The molecule has 3 amide bonds. The highest BCUT2D eigenvalue weighted by Gasteiger charge is 2.21. The zero-order chi connectivity index (χ0) is 26.4. The second-order valence-electron chi connectivity index (χ2n) is 7.30. The van der Waals surface area contributed by atoms with Gasteiger partial charge >= 0.3 is 0 Å². The summed E-state index contributed by atoms with van der Waals surface area (Å²) in [5.74, 6) is -1.48. The van der Waals surface area contributed by atoms with E-state index < -0.39 is 11.8 Å². The van der Waals surface area contributed by atoms with E-state index >= 15 is 0 Å². The lowest BCUT2D eigenvalue weighted by molar-refractivity contribution is -0.113. The zero-order valence-corrected chi connectivity index (χ0v) is 20.9. The summed E-state index contributed by atoms with van der Waals surface area (Å²) in [4.78, 5) is 36.2. The third kappa shape index (κ3) is 6.68. The van der Waals surface area contributed by atoms with Crippen molar-refractivity contribution in [2.75, 3.05) is 23.0 Å². The van der Waals surface area contributed by atoms with Gasteiger partial charge in [0.25, 0.3) is 5.91 Å². The minimum atomic E-state index is -0.561. The number of carbonyl (C=O) groups excluding carboxylic acids is 3. The van der Waals surface area contributed by atoms with Gasteiger partial charge in [0.1, 0.15) is 5.82 Å². The van der Waals surface area contributed by atoms with Gasteiger partial charge in [-0.2, -0.15) is 5.10 Å². The van der Waals surface area contributed by atoms with E-state index in [1.807, 2.05) is 0 Å². The summed E-state index contributed by atoms with van der Waals surface area (Å²) in [5.41, 5.74) is 6.64. The van der Waals surface area contributed by atoms with Gasteiger partial charge in [-0.25, -0.2) is 9.07 Å². The first-order chi connectivity index (χ1) is 17.8. The highest BCUT2D eigenvalue weighted by atomic mass is 32.2. The average molecular weight is 542 g/mol. The summed E-state index contributed by atoms with van der Waals surface area (Å²) in [7, 11) is 0. The molecule has 0 unspecified atom stereocenters. The highest BCUT2D eigenvalue weighted by molar-refractivity contribution is 8.01. The number of ether oxygens (including phenoxy) is 1. The van der Waals surface area contributed by atoms with Gasteiger partial charge in [-0.3, -0.25) is 19.7 Å². The molecule has 0 aliphatic rings. The molecular formula is C23H20FN7O4S2. The van der Waals surface area contributed by atoms with E-state index in [2.05, 4.69) is 25.9 Å². The third-order valence-corrected chi connectivity index (χ3v) is 6.67. The van der Waals surface area contributed by atoms with E-state index in [1.54, 1.807) is 19.1 Å². The number of rotatable bonds is 10. The van der Waals surface area contributed by atoms with Gasteiger partial charge in [0.2, 0.25) is 16.9 Å². The third-order valence-electron chi connectivity index (χ3n) is 4.69. The topological polar surface area (TPSA) is 154 Å². The van der Waals surface area contributed by atoms with Gasteiger partial charge in [0.05, 0.1) is 24.2 Å². The molecule has 0 aliphatic carbocycles. The van der Waals surface area contributed by atoms with Gasteiger partial charge in [0, 0.05) is 11.3 Å². The van der Waals surface area contributed by atoms with Crippen molar-refractivity contribution in [3.63, 3.8) is 0 Å². The number of benzene rings is 2. The number of thioether (sulfide) groups is 1. The summed E-state index contributed by atoms with van der Waals surface area (Å²) in [6.07, 6.45) is 1.53. The quantitative estimate of drug-likeness (QED) is 0.204. The lowest BCUT2D eigenvalue weighted by Crippen LogP contribution is -2.14. The second kappa shape index (κ2) is 11.6. The van der Waals surface area contributed by atoms with E-state index in [9.17, 15) is 18.8 Å². The molecule has 2 heterocycles. The van der Waals surface area contributed by atoms with Gasteiger partial charge in [-0.1, -0.05) is 23.1 Å². The summed E-state index contributed by atoms with van der Waals surface area (Å²) >= 11 is 2.24. The second-order valence-corrected chi connectivity index (χ2v) is 9.50. The first-order valence-corrected chi connectivity index (χ1v) is 12.6. The molecule has 4 aromatic rings. The van der Waals surface area contributed by atoms with Crippen LogP contribution in [-0.4, -0.2) is 50.1 Å². The minimum Gasteiger partial charge on any atom is -0.490 e. The van der Waals surface area contributed by atoms with Crippen LogP contribution in [0.3, 0.4) is 0 Å². The van der Waals surface area contributed by atoms with Crippen LogP contribution in [0.15, 0.2) is 59.1 Å². The lowest BCUT2D eigenvalue weighted by atomic mass is 10.2. The van der Waals surface area contributed by atoms with E-state index in [0.717, 1.165) is 23.1 Å². The number of carbonyl (C=O) groups is 3. The summed E-state index contributed by atoms with van der Waals surface area (Å²) < 4.78 is 20.7. The fourth-order valence-electron chi connectivity index (χ4n) is 3.02. The average Bonchev–Trinajstić information content (AvgIpc) is 3.51. The Bertz CT molecular complexity index is 1420. The Balaban J connectivity index is 1.35. The molecule has 0 radical (unpaired) electrons. The number of anilines is 2. The van der Waals surface area contributed by atoms with Gasteiger partial charge in [-0.05, 0) is 55.5 Å². The molecule has 4 rings (SSSR count). The predicted octanol–water partition coefficient (Wildman–Crippen LogP) is 3.34. The molecule has 190 valence electrons. The molecule has 37 heavy (non-hydrogen) atoms. The molecule has 0 spiro atoms. The van der Waals surface area contributed by atoms with Crippen molar-refractivity contribution < 1.29 is 23.5 Å². The van der Waals surface area contributed by atoms with Crippen LogP contribution in [0.25, 0.3) is 5.69 Å². The van der Waals surface area contributed by atoms with Crippen molar-refractivity contribution in [3.05, 3.63) is 71.8 Å². The number of aromatic nitrogens is 4. The SMILES string of the molecule is CCOc1cn(-c2ccc(F)cc2)nc1C(=O)Nc1nnc(SCC(=O)Nc2ccc(C(N)=O)cc2)s1. The number of hydrogen-bond donors (Lipinski definition) is 3. The van der Waals surface area contributed by atoms with E-state index in [4.69, 9.17) is 10.5 Å². The molecule has 0 fully saturated rings. The lowest BCUT2D eigenvalue weighted by Gasteiger charge is -2.04. The van der Waals surface area contributed by atoms with E-state index in [-0.39, 0.29) is 34.1 Å². The number of halogens is 1. The summed E-state index contributed by atoms with van der Waals surface area (Å²) in [6, 6.07) is 11.8. The maximum Gasteiger partial charge on any atom is 0.281 e. The Labute approximate surface area is 218 Å². The molecule has 11 nitrogen and oxygen atoms in total. The Hall–Kier alpha value is -4.30. The monoisotopic (exact) mass is 541 g/mol. The van der Waals surface area contributed by atoms with Crippen molar-refractivity contribution in [1.82, 2.24) is 20.0 Å². The fourth-order valence-corrected chi connectivity index (χ4v) is 4.57. The van der Waals surface area contributed by atoms with Crippen LogP contribution in [0.5, 0.6) is 5.75 Å². The molecule has 0 saturated carbocycles. The number of primary amides is 1. The van der Waals surface area contributed by atoms with Crippen molar-refractivity contribution in [1.29, 1.82) is 0 Å². The number of nitrogens with two attached hydrogens (primary N) is 1. The maximum absolute atomic E-state index is 13.2. The van der Waals surface area contributed by atoms with Crippen LogP contribution in [0.4, 0.5) is 15.2 Å². The van der Waals surface area contributed by atoms with Crippen LogP contribution in [-0.2, 0) is 4.79 Å². The Kier molecular flexibility index (Phi) is 8.10. The number of amides is 3. The number of nitrogens with one attached hydrogen (secondary N) is 2. The molecule has 4 N–H and O–H groups in total. The van der Waals surface area contributed by atoms with Gasteiger partial charge < -0.3 is 15.8 Å². The van der Waals surface area contributed by atoms with Gasteiger partial charge in [-0.15, -0.1) is 10.2 Å². The van der Waals surface area contributed by atoms with Gasteiger partial charge in [0.15, 0.2) is 15.8 Å². The van der Waals surface area contributed by atoms with Crippen LogP contribution in [0.2, 0.25) is 0 Å². The van der Waals surface area contributed by atoms with Crippen LogP contribution in [0.1, 0.15) is 27.8 Å². The molecule has 0 aliphatic heterocycles. The minimum absolute atomic E-state index is 0.0253. The van der Waals surface area contributed by atoms with Crippen molar-refractivity contribution in [3.8, 4) is 11.4 Å². The van der Waals surface area contributed by atoms with E-state index in [1.165, 1.54) is 47.3 Å². The van der Waals surface area contributed by atoms with E-state index in [0.29, 0.717) is 27.9 Å². The Morgan fingerprint density at radius 3 is 2.49 bits per heavy atom. The first-order valence-electron chi connectivity index (χ1n) is 10.8. The summed E-state index contributed by atoms with van der Waals surface area (Å²) in [5, 5.41) is 17.8. The largest absolute Gasteiger partial charge is 0.490 e. The zero-order valence-electron chi connectivity index (χ0n) is 19.3. The summed E-state index contributed by atoms with van der Waals surface area (Å²) in [6.45, 7) is 2.09. The molecule has 14 heteroatoms. The van der Waals surface area contributed by atoms with Crippen LogP contribution >= 0.6 is 23.1 Å².